The number of amides is 1. The van der Waals surface area contributed by atoms with Gasteiger partial charge >= 0.3 is 0 Å². The van der Waals surface area contributed by atoms with Crippen molar-refractivity contribution in [3.63, 3.8) is 0 Å². The summed E-state index contributed by atoms with van der Waals surface area (Å²) in [4.78, 5) is 12.1. The van der Waals surface area contributed by atoms with Crippen LogP contribution < -0.4 is 11.1 Å². The van der Waals surface area contributed by atoms with E-state index in [0.717, 1.165) is 14.8 Å². The third-order valence-corrected chi connectivity index (χ3v) is 3.63. The van der Waals surface area contributed by atoms with E-state index in [1.165, 1.54) is 0 Å². The fourth-order valence-corrected chi connectivity index (χ4v) is 2.15. The molecule has 4 heteroatoms. The monoisotopic (exact) mass is 352 g/mol. The maximum absolute atomic E-state index is 12.1. The summed E-state index contributed by atoms with van der Waals surface area (Å²) in [7, 11) is 0. The molecule has 0 radical (unpaired) electrons. The summed E-state index contributed by atoms with van der Waals surface area (Å²) in [5.41, 5.74) is 8.65. The molecule has 2 aromatic rings. The molecule has 2 aromatic carbocycles. The average molecular weight is 352 g/mol. The third kappa shape index (κ3) is 2.64. The molecule has 0 aliphatic heterocycles. The van der Waals surface area contributed by atoms with E-state index in [1.54, 1.807) is 6.07 Å². The Bertz CT molecular complexity index is 596. The van der Waals surface area contributed by atoms with Gasteiger partial charge in [-0.15, -0.1) is 0 Å². The van der Waals surface area contributed by atoms with Crippen molar-refractivity contribution in [2.75, 3.05) is 11.1 Å². The molecule has 0 saturated heterocycles. The van der Waals surface area contributed by atoms with E-state index in [-0.39, 0.29) is 5.91 Å². The molecular formula is C14H13IN2O. The van der Waals surface area contributed by atoms with Crippen LogP contribution in [0.5, 0.6) is 0 Å². The average Bonchev–Trinajstić information content (AvgIpc) is 2.35. The number of nitrogens with two attached hydrogens (primary N) is 1. The number of aryl methyl sites for hydroxylation is 1. The Morgan fingerprint density at radius 1 is 1.17 bits per heavy atom. The van der Waals surface area contributed by atoms with Gasteiger partial charge in [-0.25, -0.2) is 0 Å². The van der Waals surface area contributed by atoms with Crippen molar-refractivity contribution in [2.24, 2.45) is 0 Å². The van der Waals surface area contributed by atoms with Gasteiger partial charge in [-0.1, -0.05) is 24.3 Å². The van der Waals surface area contributed by atoms with Crippen LogP contribution in [-0.4, -0.2) is 5.91 Å². The van der Waals surface area contributed by atoms with Crippen molar-refractivity contribution in [1.29, 1.82) is 0 Å². The van der Waals surface area contributed by atoms with Gasteiger partial charge in [-0.2, -0.15) is 0 Å². The van der Waals surface area contributed by atoms with Crippen molar-refractivity contribution >= 4 is 39.9 Å². The van der Waals surface area contributed by atoms with Crippen molar-refractivity contribution in [2.45, 2.75) is 6.92 Å². The summed E-state index contributed by atoms with van der Waals surface area (Å²) < 4.78 is 0.995. The Labute approximate surface area is 120 Å². The summed E-state index contributed by atoms with van der Waals surface area (Å²) in [6.07, 6.45) is 0. The Balaban J connectivity index is 2.28. The van der Waals surface area contributed by atoms with Crippen molar-refractivity contribution in [3.8, 4) is 0 Å². The number of carbonyl (C=O) groups excluding carboxylic acids is 1. The molecule has 0 aliphatic rings. The fourth-order valence-electron chi connectivity index (χ4n) is 1.63. The van der Waals surface area contributed by atoms with Crippen LogP contribution in [0.1, 0.15) is 15.9 Å². The predicted molar refractivity (Wildman–Crippen MR) is 82.7 cm³/mol. The van der Waals surface area contributed by atoms with Crippen molar-refractivity contribution in [3.05, 3.63) is 57.2 Å². The zero-order valence-corrected chi connectivity index (χ0v) is 12.1. The molecule has 18 heavy (non-hydrogen) atoms. The number of carbonyl (C=O) groups is 1. The summed E-state index contributed by atoms with van der Waals surface area (Å²) in [6.45, 7) is 1.89. The lowest BCUT2D eigenvalue weighted by Crippen LogP contribution is -2.15. The van der Waals surface area contributed by atoms with Crippen LogP contribution in [-0.2, 0) is 0 Å². The number of nitrogens with one attached hydrogen (secondary N) is 1. The lowest BCUT2D eigenvalue weighted by molar-refractivity contribution is 0.102. The molecule has 0 atom stereocenters. The Hall–Kier alpha value is -1.56. The van der Waals surface area contributed by atoms with Crippen LogP contribution >= 0.6 is 22.6 Å². The first-order valence-electron chi connectivity index (χ1n) is 5.50. The molecule has 0 heterocycles. The molecule has 2 rings (SSSR count). The molecular weight excluding hydrogens is 339 g/mol. The number of anilines is 2. The second-order valence-corrected chi connectivity index (χ2v) is 5.13. The van der Waals surface area contributed by atoms with Gasteiger partial charge in [-0.3, -0.25) is 4.79 Å². The Morgan fingerprint density at radius 3 is 2.61 bits per heavy atom. The van der Waals surface area contributed by atoms with E-state index >= 15 is 0 Å². The van der Waals surface area contributed by atoms with E-state index in [2.05, 4.69) is 27.9 Å². The van der Waals surface area contributed by atoms with E-state index < -0.39 is 0 Å². The first-order valence-corrected chi connectivity index (χ1v) is 6.58. The van der Waals surface area contributed by atoms with Gasteiger partial charge in [0.05, 0.1) is 11.3 Å². The highest BCUT2D eigenvalue weighted by atomic mass is 127. The summed E-state index contributed by atoms with van der Waals surface area (Å²) in [6, 6.07) is 13.1. The molecule has 3 N–H and O–H groups in total. The SMILES string of the molecule is Cc1cccc(C(=O)Nc2ccccc2I)c1N. The van der Waals surface area contributed by atoms with Gasteiger partial charge in [-0.05, 0) is 53.3 Å². The lowest BCUT2D eigenvalue weighted by Gasteiger charge is -2.10. The minimum atomic E-state index is -0.180. The molecule has 0 aromatic heterocycles. The standard InChI is InChI=1S/C14H13IN2O/c1-9-5-4-6-10(13(9)16)14(18)17-12-8-3-2-7-11(12)15/h2-8H,16H2,1H3,(H,17,18). The largest absolute Gasteiger partial charge is 0.398 e. The number of nitrogen functional groups attached to an aromatic ring is 1. The van der Waals surface area contributed by atoms with Gasteiger partial charge in [0.15, 0.2) is 0 Å². The number of rotatable bonds is 2. The van der Waals surface area contributed by atoms with Crippen LogP contribution in [0.15, 0.2) is 42.5 Å². The summed E-state index contributed by atoms with van der Waals surface area (Å²) in [5, 5.41) is 2.87. The van der Waals surface area contributed by atoms with E-state index in [1.807, 2.05) is 43.3 Å². The first kappa shape index (κ1) is 12.9. The highest BCUT2D eigenvalue weighted by molar-refractivity contribution is 14.1. The van der Waals surface area contributed by atoms with E-state index in [4.69, 9.17) is 5.73 Å². The van der Waals surface area contributed by atoms with Gasteiger partial charge in [0, 0.05) is 9.26 Å². The maximum Gasteiger partial charge on any atom is 0.257 e. The van der Waals surface area contributed by atoms with Crippen molar-refractivity contribution < 1.29 is 4.79 Å². The fraction of sp³-hybridized carbons (Fsp3) is 0.0714. The molecule has 0 unspecified atom stereocenters. The van der Waals surface area contributed by atoms with Gasteiger partial charge in [0.2, 0.25) is 0 Å². The molecule has 92 valence electrons. The van der Waals surface area contributed by atoms with Gasteiger partial charge in [0.1, 0.15) is 0 Å². The number of hydrogen-bond donors (Lipinski definition) is 2. The Morgan fingerprint density at radius 2 is 1.89 bits per heavy atom. The molecule has 0 bridgehead atoms. The molecule has 0 saturated carbocycles. The highest BCUT2D eigenvalue weighted by Crippen LogP contribution is 2.21. The van der Waals surface area contributed by atoms with Gasteiger partial charge < -0.3 is 11.1 Å². The number of para-hydroxylation sites is 2. The minimum Gasteiger partial charge on any atom is -0.398 e. The normalized spacial score (nSPS) is 10.1. The highest BCUT2D eigenvalue weighted by Gasteiger charge is 2.11. The molecule has 0 fully saturated rings. The smallest absolute Gasteiger partial charge is 0.257 e. The zero-order chi connectivity index (χ0) is 13.1. The molecule has 1 amide bonds. The Kier molecular flexibility index (Phi) is 3.86. The van der Waals surface area contributed by atoms with Crippen LogP contribution in [0.4, 0.5) is 11.4 Å². The summed E-state index contributed by atoms with van der Waals surface area (Å²) in [5.74, 6) is -0.180. The molecule has 3 nitrogen and oxygen atoms in total. The number of benzene rings is 2. The first-order chi connectivity index (χ1) is 8.59. The predicted octanol–water partition coefficient (Wildman–Crippen LogP) is 3.43. The minimum absolute atomic E-state index is 0.180. The van der Waals surface area contributed by atoms with E-state index in [0.29, 0.717) is 11.3 Å². The number of hydrogen-bond acceptors (Lipinski definition) is 2. The molecule has 0 spiro atoms. The topological polar surface area (TPSA) is 55.1 Å². The second-order valence-electron chi connectivity index (χ2n) is 3.97. The van der Waals surface area contributed by atoms with Crippen LogP contribution in [0.2, 0.25) is 0 Å². The summed E-state index contributed by atoms with van der Waals surface area (Å²) >= 11 is 2.18. The van der Waals surface area contributed by atoms with Crippen LogP contribution in [0.25, 0.3) is 0 Å². The lowest BCUT2D eigenvalue weighted by atomic mass is 10.1. The second kappa shape index (κ2) is 5.39. The third-order valence-electron chi connectivity index (χ3n) is 2.69. The number of halogens is 1. The van der Waals surface area contributed by atoms with Crippen LogP contribution in [0.3, 0.4) is 0 Å². The van der Waals surface area contributed by atoms with Crippen LogP contribution in [0, 0.1) is 10.5 Å². The van der Waals surface area contributed by atoms with Gasteiger partial charge in [0.25, 0.3) is 5.91 Å². The van der Waals surface area contributed by atoms with E-state index in [9.17, 15) is 4.79 Å². The van der Waals surface area contributed by atoms with Crippen molar-refractivity contribution in [1.82, 2.24) is 0 Å². The maximum atomic E-state index is 12.1. The molecule has 0 aliphatic carbocycles. The zero-order valence-electron chi connectivity index (χ0n) is 9.91. The quantitative estimate of drug-likeness (QED) is 0.643.